The van der Waals surface area contributed by atoms with Gasteiger partial charge in [-0.05, 0) is 37.8 Å². The van der Waals surface area contributed by atoms with Crippen LogP contribution < -0.4 is 10.1 Å². The maximum Gasteiger partial charge on any atom is 0.222 e. The number of hydrogen-bond acceptors (Lipinski definition) is 3. The molecule has 0 spiro atoms. The molecule has 1 N–H and O–H groups in total. The number of carbonyl (C=O) groups is 1. The van der Waals surface area contributed by atoms with E-state index in [2.05, 4.69) is 5.32 Å². The number of hydrogen-bond donors (Lipinski definition) is 1. The van der Waals surface area contributed by atoms with E-state index in [0.717, 1.165) is 25.9 Å². The molecule has 2 saturated heterocycles. The summed E-state index contributed by atoms with van der Waals surface area (Å²) in [5, 5.41) is 4.21. The van der Waals surface area contributed by atoms with Crippen LogP contribution in [0.3, 0.4) is 0 Å². The van der Waals surface area contributed by atoms with Gasteiger partial charge < -0.3 is 15.0 Å². The molecule has 1 aromatic carbocycles. The Morgan fingerprint density at radius 1 is 1.27 bits per heavy atom. The third kappa shape index (κ3) is 3.93. The van der Waals surface area contributed by atoms with Gasteiger partial charge >= 0.3 is 0 Å². The number of likely N-dealkylation sites (tertiary alicyclic amines) is 1. The number of nitrogens with zero attached hydrogens (tertiary/aromatic N) is 1. The second kappa shape index (κ2) is 7.34. The normalized spacial score (nSPS) is 24.1. The Bertz CT molecular complexity index is 523. The van der Waals surface area contributed by atoms with Gasteiger partial charge in [-0.15, -0.1) is 0 Å². The van der Waals surface area contributed by atoms with E-state index in [0.29, 0.717) is 35.9 Å². The van der Waals surface area contributed by atoms with Crippen LogP contribution in [0.4, 0.5) is 0 Å². The fraction of sp³-hybridized carbons (Fsp3) is 0.588. The summed E-state index contributed by atoms with van der Waals surface area (Å²) in [4.78, 5) is 14.3. The van der Waals surface area contributed by atoms with Crippen molar-refractivity contribution in [2.75, 3.05) is 19.7 Å². The van der Waals surface area contributed by atoms with Crippen molar-refractivity contribution in [3.63, 3.8) is 0 Å². The lowest BCUT2D eigenvalue weighted by molar-refractivity contribution is -0.131. The molecular formula is C17H23ClN2O2. The van der Waals surface area contributed by atoms with Crippen molar-refractivity contribution in [2.45, 2.75) is 44.2 Å². The number of amides is 1. The van der Waals surface area contributed by atoms with Crippen LogP contribution >= 0.6 is 11.6 Å². The van der Waals surface area contributed by atoms with Gasteiger partial charge in [0.15, 0.2) is 0 Å². The largest absolute Gasteiger partial charge is 0.492 e. The highest BCUT2D eigenvalue weighted by Gasteiger charge is 2.30. The van der Waals surface area contributed by atoms with Crippen molar-refractivity contribution in [3.8, 4) is 5.75 Å². The molecule has 2 aliphatic heterocycles. The molecule has 0 saturated carbocycles. The first-order valence-electron chi connectivity index (χ1n) is 8.13. The smallest absolute Gasteiger partial charge is 0.222 e. The average molecular weight is 323 g/mol. The molecule has 2 fully saturated rings. The number of fused-ring (bicyclic) bond motifs is 2. The molecule has 2 unspecified atom stereocenters. The lowest BCUT2D eigenvalue weighted by atomic mass is 10.1. The summed E-state index contributed by atoms with van der Waals surface area (Å²) >= 11 is 6.03. The third-order valence-corrected chi connectivity index (χ3v) is 4.82. The van der Waals surface area contributed by atoms with Crippen LogP contribution in [0, 0.1) is 0 Å². The van der Waals surface area contributed by atoms with Gasteiger partial charge in [-0.1, -0.05) is 23.7 Å². The van der Waals surface area contributed by atoms with E-state index in [1.165, 1.54) is 12.8 Å². The number of para-hydroxylation sites is 1. The highest BCUT2D eigenvalue weighted by atomic mass is 35.5. The van der Waals surface area contributed by atoms with Crippen molar-refractivity contribution >= 4 is 17.5 Å². The van der Waals surface area contributed by atoms with Gasteiger partial charge in [-0.3, -0.25) is 4.79 Å². The molecule has 2 heterocycles. The first-order valence-corrected chi connectivity index (χ1v) is 8.51. The summed E-state index contributed by atoms with van der Waals surface area (Å²) in [6.45, 7) is 2.27. The van der Waals surface area contributed by atoms with Gasteiger partial charge in [0.05, 0.1) is 11.6 Å². The summed E-state index contributed by atoms with van der Waals surface area (Å²) in [5.74, 6) is 0.935. The van der Waals surface area contributed by atoms with Gasteiger partial charge in [-0.25, -0.2) is 0 Å². The zero-order valence-corrected chi connectivity index (χ0v) is 13.5. The van der Waals surface area contributed by atoms with Crippen LogP contribution in [0.2, 0.25) is 5.02 Å². The molecule has 1 amide bonds. The Labute approximate surface area is 136 Å². The van der Waals surface area contributed by atoms with Crippen molar-refractivity contribution in [3.05, 3.63) is 29.3 Å². The van der Waals surface area contributed by atoms with E-state index < -0.39 is 0 Å². The predicted octanol–water partition coefficient (Wildman–Crippen LogP) is 2.85. The number of ether oxygens (including phenoxy) is 1. The molecule has 5 heteroatoms. The topological polar surface area (TPSA) is 41.6 Å². The van der Waals surface area contributed by atoms with E-state index >= 15 is 0 Å². The second-order valence-corrected chi connectivity index (χ2v) is 6.56. The van der Waals surface area contributed by atoms with E-state index in [9.17, 15) is 4.79 Å². The maximum atomic E-state index is 12.3. The molecule has 0 radical (unpaired) electrons. The van der Waals surface area contributed by atoms with E-state index in [-0.39, 0.29) is 5.91 Å². The molecule has 120 valence electrons. The van der Waals surface area contributed by atoms with Gasteiger partial charge in [0.2, 0.25) is 5.91 Å². The Hall–Kier alpha value is -1.26. The molecule has 1 aromatic rings. The average Bonchev–Trinajstić information content (AvgIpc) is 2.84. The van der Waals surface area contributed by atoms with Crippen LogP contribution in [-0.4, -0.2) is 42.6 Å². The van der Waals surface area contributed by atoms with Crippen LogP contribution in [0.1, 0.15) is 32.1 Å². The number of rotatable bonds is 5. The highest BCUT2D eigenvalue weighted by molar-refractivity contribution is 6.32. The molecule has 3 rings (SSSR count). The molecular weight excluding hydrogens is 300 g/mol. The fourth-order valence-electron chi connectivity index (χ4n) is 3.29. The van der Waals surface area contributed by atoms with E-state index in [1.807, 2.05) is 23.1 Å². The Kier molecular flexibility index (Phi) is 5.21. The van der Waals surface area contributed by atoms with E-state index in [1.54, 1.807) is 6.07 Å². The Balaban J connectivity index is 1.40. The monoisotopic (exact) mass is 322 g/mol. The molecule has 4 nitrogen and oxygen atoms in total. The summed E-state index contributed by atoms with van der Waals surface area (Å²) in [5.41, 5.74) is 0. The van der Waals surface area contributed by atoms with Crippen LogP contribution in [0.5, 0.6) is 5.75 Å². The fourth-order valence-corrected chi connectivity index (χ4v) is 3.49. The van der Waals surface area contributed by atoms with Crippen LogP contribution in [0.25, 0.3) is 0 Å². The Morgan fingerprint density at radius 2 is 2.09 bits per heavy atom. The van der Waals surface area contributed by atoms with Crippen molar-refractivity contribution < 1.29 is 9.53 Å². The van der Waals surface area contributed by atoms with Gasteiger partial charge in [0.1, 0.15) is 5.75 Å². The molecule has 2 atom stereocenters. The lowest BCUT2D eigenvalue weighted by Crippen LogP contribution is -2.39. The lowest BCUT2D eigenvalue weighted by Gasteiger charge is -2.24. The second-order valence-electron chi connectivity index (χ2n) is 6.15. The number of halogens is 1. The van der Waals surface area contributed by atoms with Crippen LogP contribution in [-0.2, 0) is 4.79 Å². The zero-order chi connectivity index (χ0) is 15.4. The first-order chi connectivity index (χ1) is 10.7. The minimum atomic E-state index is 0.247. The highest BCUT2D eigenvalue weighted by Crippen LogP contribution is 2.23. The zero-order valence-electron chi connectivity index (χ0n) is 12.8. The third-order valence-electron chi connectivity index (χ3n) is 4.51. The molecule has 0 aliphatic carbocycles. The maximum absolute atomic E-state index is 12.3. The number of benzene rings is 1. The Morgan fingerprint density at radius 3 is 2.95 bits per heavy atom. The summed E-state index contributed by atoms with van der Waals surface area (Å²) in [6, 6.07) is 8.54. The van der Waals surface area contributed by atoms with Gasteiger partial charge in [0.25, 0.3) is 0 Å². The van der Waals surface area contributed by atoms with E-state index in [4.69, 9.17) is 16.3 Å². The standard InChI is InChI=1S/C17H23ClN2O2/c18-15-4-1-2-5-16(15)22-11-3-6-17(21)20-10-9-13-7-8-14(12-20)19-13/h1-2,4-5,13-14,19H,3,6-12H2. The minimum absolute atomic E-state index is 0.247. The molecule has 2 bridgehead atoms. The van der Waals surface area contributed by atoms with Gasteiger partial charge in [-0.2, -0.15) is 0 Å². The van der Waals surface area contributed by atoms with Gasteiger partial charge in [0, 0.05) is 31.6 Å². The van der Waals surface area contributed by atoms with Crippen LogP contribution in [0.15, 0.2) is 24.3 Å². The number of carbonyl (C=O) groups excluding carboxylic acids is 1. The van der Waals surface area contributed by atoms with Crippen molar-refractivity contribution in [2.24, 2.45) is 0 Å². The van der Waals surface area contributed by atoms with Crippen molar-refractivity contribution in [1.82, 2.24) is 10.2 Å². The predicted molar refractivity (Wildman–Crippen MR) is 87.3 cm³/mol. The number of nitrogens with one attached hydrogen (secondary N) is 1. The minimum Gasteiger partial charge on any atom is -0.492 e. The van der Waals surface area contributed by atoms with Crippen molar-refractivity contribution in [1.29, 1.82) is 0 Å². The summed E-state index contributed by atoms with van der Waals surface area (Å²) < 4.78 is 5.63. The molecule has 0 aromatic heterocycles. The molecule has 22 heavy (non-hydrogen) atoms. The molecule has 2 aliphatic rings. The summed E-state index contributed by atoms with van der Waals surface area (Å²) in [6.07, 6.45) is 4.81. The summed E-state index contributed by atoms with van der Waals surface area (Å²) in [7, 11) is 0. The quantitative estimate of drug-likeness (QED) is 0.848. The first kappa shape index (κ1) is 15.6. The SMILES string of the molecule is O=C(CCCOc1ccccc1Cl)N1CCC2CCC(C1)N2.